The second kappa shape index (κ2) is 10.4. The molecule has 0 aliphatic rings. The maximum Gasteiger partial charge on any atom is 0.191 e. The van der Waals surface area contributed by atoms with Crippen LogP contribution in [-0.2, 0) is 18.4 Å². The molecule has 0 radical (unpaired) electrons. The number of guanidine groups is 1. The second-order valence-corrected chi connectivity index (χ2v) is 8.24. The van der Waals surface area contributed by atoms with E-state index >= 15 is 0 Å². The molecule has 0 unspecified atom stereocenters. The van der Waals surface area contributed by atoms with Gasteiger partial charge in [0.05, 0.1) is 17.2 Å². The summed E-state index contributed by atoms with van der Waals surface area (Å²) >= 11 is 3.51. The minimum atomic E-state index is 0. The van der Waals surface area contributed by atoms with Gasteiger partial charge in [0.2, 0.25) is 0 Å². The van der Waals surface area contributed by atoms with E-state index < -0.39 is 0 Å². The zero-order valence-electron chi connectivity index (χ0n) is 14.8. The zero-order valence-corrected chi connectivity index (χ0v) is 18.7. The quantitative estimate of drug-likeness (QED) is 0.367. The fourth-order valence-electron chi connectivity index (χ4n) is 1.98. The smallest absolute Gasteiger partial charge is 0.191 e. The number of hydrogen-bond donors (Lipinski definition) is 2. The molecule has 2 aromatic heterocycles. The summed E-state index contributed by atoms with van der Waals surface area (Å²) in [7, 11) is 0. The molecule has 2 heterocycles. The van der Waals surface area contributed by atoms with E-state index in [0.29, 0.717) is 6.54 Å². The van der Waals surface area contributed by atoms with Crippen molar-refractivity contribution in [3.05, 3.63) is 38.5 Å². The summed E-state index contributed by atoms with van der Waals surface area (Å²) in [6, 6.07) is 4.26. The van der Waals surface area contributed by atoms with Crippen molar-refractivity contribution in [2.24, 2.45) is 4.99 Å². The van der Waals surface area contributed by atoms with E-state index in [9.17, 15) is 0 Å². The summed E-state index contributed by atoms with van der Waals surface area (Å²) in [4.78, 5) is 10.7. The predicted octanol–water partition coefficient (Wildman–Crippen LogP) is 4.42. The van der Waals surface area contributed by atoms with Crippen LogP contribution < -0.4 is 10.6 Å². The molecule has 2 aromatic rings. The summed E-state index contributed by atoms with van der Waals surface area (Å²) in [6.45, 7) is 11.0. The van der Waals surface area contributed by atoms with Crippen LogP contribution in [0.25, 0.3) is 0 Å². The zero-order chi connectivity index (χ0) is 16.7. The lowest BCUT2D eigenvalue weighted by Gasteiger charge is -2.13. The topological polar surface area (TPSA) is 49.3 Å². The molecular weight excluding hydrogens is 451 g/mol. The highest BCUT2D eigenvalue weighted by Crippen LogP contribution is 2.25. The van der Waals surface area contributed by atoms with Crippen LogP contribution in [0.4, 0.5) is 0 Å². The van der Waals surface area contributed by atoms with E-state index in [2.05, 4.69) is 66.2 Å². The van der Waals surface area contributed by atoms with Gasteiger partial charge in [0.1, 0.15) is 0 Å². The standard InChI is InChI=1S/C17H26N4S2.HI/c1-5-18-16(19-9-8-14-7-6-10-22-14)20-11-13-12-23-15(21-13)17(2,3)4;/h6-7,10,12H,5,8-9,11H2,1-4H3,(H2,18,19,20);1H. The lowest BCUT2D eigenvalue weighted by atomic mass is 9.98. The van der Waals surface area contributed by atoms with E-state index in [0.717, 1.165) is 31.2 Å². The Hall–Kier alpha value is -0.670. The summed E-state index contributed by atoms with van der Waals surface area (Å²) in [5.41, 5.74) is 1.14. The van der Waals surface area contributed by atoms with Gasteiger partial charge in [0.25, 0.3) is 0 Å². The van der Waals surface area contributed by atoms with Gasteiger partial charge in [-0.2, -0.15) is 0 Å². The van der Waals surface area contributed by atoms with Gasteiger partial charge < -0.3 is 10.6 Å². The summed E-state index contributed by atoms with van der Waals surface area (Å²) in [5.74, 6) is 0.856. The van der Waals surface area contributed by atoms with Gasteiger partial charge in [-0.1, -0.05) is 26.8 Å². The highest BCUT2D eigenvalue weighted by Gasteiger charge is 2.17. The number of thiophene rings is 1. The summed E-state index contributed by atoms with van der Waals surface area (Å²) < 4.78 is 0. The molecule has 0 aliphatic carbocycles. The van der Waals surface area contributed by atoms with Crippen LogP contribution in [0.2, 0.25) is 0 Å². The number of halogens is 1. The van der Waals surface area contributed by atoms with Crippen LogP contribution in [0.15, 0.2) is 27.9 Å². The number of rotatable bonds is 6. The summed E-state index contributed by atoms with van der Waals surface area (Å²) in [5, 5.41) is 12.1. The normalized spacial score (nSPS) is 11.9. The molecule has 2 rings (SSSR count). The molecule has 0 bridgehead atoms. The van der Waals surface area contributed by atoms with E-state index in [4.69, 9.17) is 4.98 Å². The van der Waals surface area contributed by atoms with Crippen molar-refractivity contribution in [1.29, 1.82) is 0 Å². The van der Waals surface area contributed by atoms with E-state index in [1.54, 1.807) is 22.7 Å². The molecule has 134 valence electrons. The molecule has 0 aliphatic heterocycles. The van der Waals surface area contributed by atoms with Crippen molar-refractivity contribution in [3.63, 3.8) is 0 Å². The van der Waals surface area contributed by atoms with Crippen molar-refractivity contribution in [3.8, 4) is 0 Å². The maximum atomic E-state index is 4.69. The van der Waals surface area contributed by atoms with Crippen LogP contribution in [-0.4, -0.2) is 24.0 Å². The molecule has 0 fully saturated rings. The number of nitrogens with zero attached hydrogens (tertiary/aromatic N) is 2. The lowest BCUT2D eigenvalue weighted by Crippen LogP contribution is -2.38. The third kappa shape index (κ3) is 7.06. The Bertz CT molecular complexity index is 615. The van der Waals surface area contributed by atoms with Gasteiger partial charge >= 0.3 is 0 Å². The lowest BCUT2D eigenvalue weighted by molar-refractivity contribution is 0.583. The molecule has 0 atom stereocenters. The Morgan fingerprint density at radius 1 is 1.25 bits per heavy atom. The molecule has 0 aromatic carbocycles. The minimum Gasteiger partial charge on any atom is -0.357 e. The third-order valence-electron chi connectivity index (χ3n) is 3.18. The third-order valence-corrected chi connectivity index (χ3v) is 5.43. The van der Waals surface area contributed by atoms with Gasteiger partial charge in [-0.05, 0) is 24.8 Å². The fourth-order valence-corrected chi connectivity index (χ4v) is 3.59. The predicted molar refractivity (Wildman–Crippen MR) is 117 cm³/mol. The SMILES string of the molecule is CCNC(=NCc1csc(C(C)(C)C)n1)NCCc1cccs1.I. The summed E-state index contributed by atoms with van der Waals surface area (Å²) in [6.07, 6.45) is 1.02. The first-order chi connectivity index (χ1) is 11.0. The average Bonchev–Trinajstić information content (AvgIpc) is 3.15. The number of hydrogen-bond acceptors (Lipinski definition) is 4. The van der Waals surface area contributed by atoms with E-state index in [1.807, 2.05) is 0 Å². The van der Waals surface area contributed by atoms with Gasteiger partial charge in [0.15, 0.2) is 5.96 Å². The van der Waals surface area contributed by atoms with Crippen LogP contribution in [0.5, 0.6) is 0 Å². The van der Waals surface area contributed by atoms with Crippen molar-refractivity contribution < 1.29 is 0 Å². The van der Waals surface area contributed by atoms with Gasteiger partial charge in [-0.25, -0.2) is 9.98 Å². The number of nitrogens with one attached hydrogen (secondary N) is 2. The van der Waals surface area contributed by atoms with Crippen LogP contribution in [0.3, 0.4) is 0 Å². The van der Waals surface area contributed by atoms with Crippen molar-refractivity contribution in [1.82, 2.24) is 15.6 Å². The number of aromatic nitrogens is 1. The molecule has 2 N–H and O–H groups in total. The van der Waals surface area contributed by atoms with Gasteiger partial charge in [-0.15, -0.1) is 46.7 Å². The first-order valence-corrected chi connectivity index (χ1v) is 9.74. The Kier molecular flexibility index (Phi) is 9.22. The van der Waals surface area contributed by atoms with Gasteiger partial charge in [0, 0.05) is 28.8 Å². The minimum absolute atomic E-state index is 0. The molecule has 0 saturated carbocycles. The Balaban J connectivity index is 0.00000288. The monoisotopic (exact) mass is 478 g/mol. The Labute approximate surface area is 170 Å². The van der Waals surface area contributed by atoms with Crippen LogP contribution >= 0.6 is 46.7 Å². The van der Waals surface area contributed by atoms with E-state index in [1.165, 1.54) is 9.88 Å². The molecule has 4 nitrogen and oxygen atoms in total. The second-order valence-electron chi connectivity index (χ2n) is 6.35. The largest absolute Gasteiger partial charge is 0.357 e. The van der Waals surface area contributed by atoms with E-state index in [-0.39, 0.29) is 29.4 Å². The molecular formula is C17H27IN4S2. The highest BCUT2D eigenvalue weighted by molar-refractivity contribution is 14.0. The first-order valence-electron chi connectivity index (χ1n) is 7.98. The fraction of sp³-hybridized carbons (Fsp3) is 0.529. The van der Waals surface area contributed by atoms with Crippen molar-refractivity contribution in [2.45, 2.75) is 46.1 Å². The molecule has 24 heavy (non-hydrogen) atoms. The molecule has 0 spiro atoms. The maximum absolute atomic E-state index is 4.69. The Morgan fingerprint density at radius 2 is 2.04 bits per heavy atom. The van der Waals surface area contributed by atoms with Crippen LogP contribution in [0.1, 0.15) is 43.3 Å². The van der Waals surface area contributed by atoms with Crippen LogP contribution in [0, 0.1) is 0 Å². The van der Waals surface area contributed by atoms with Gasteiger partial charge in [-0.3, -0.25) is 0 Å². The van der Waals surface area contributed by atoms with Crippen molar-refractivity contribution in [2.75, 3.05) is 13.1 Å². The van der Waals surface area contributed by atoms with Crippen molar-refractivity contribution >= 4 is 52.6 Å². The molecule has 0 saturated heterocycles. The highest BCUT2D eigenvalue weighted by atomic mass is 127. The number of aliphatic imine (C=N–C) groups is 1. The average molecular weight is 478 g/mol. The Morgan fingerprint density at radius 3 is 2.62 bits per heavy atom. The first kappa shape index (κ1) is 21.4. The molecule has 0 amide bonds. The molecule has 7 heteroatoms. The number of thiazole rings is 1.